The fourth-order valence-corrected chi connectivity index (χ4v) is 3.12. The standard InChI is InChI=1S/C22H20ClFN2OS/c1-27-21-11-5-16(6-12-21)14-26(15-17-3-2-4-19(24)13-17)22(28)25-20-9-7-18(23)8-10-20/h2-13H,14-15H2,1H3,(H,25,28). The molecule has 6 heteroatoms. The van der Waals surface area contributed by atoms with Crippen LogP contribution in [0.15, 0.2) is 72.8 Å². The van der Waals surface area contributed by atoms with Gasteiger partial charge >= 0.3 is 0 Å². The monoisotopic (exact) mass is 414 g/mol. The maximum atomic E-state index is 13.6. The van der Waals surface area contributed by atoms with E-state index in [0.717, 1.165) is 22.6 Å². The zero-order valence-corrected chi connectivity index (χ0v) is 16.9. The molecule has 0 aliphatic heterocycles. The normalized spacial score (nSPS) is 10.4. The van der Waals surface area contributed by atoms with E-state index < -0.39 is 0 Å². The predicted octanol–water partition coefficient (Wildman–Crippen LogP) is 5.89. The van der Waals surface area contributed by atoms with Crippen molar-refractivity contribution >= 4 is 34.6 Å². The number of nitrogens with one attached hydrogen (secondary N) is 1. The summed E-state index contributed by atoms with van der Waals surface area (Å²) in [6, 6.07) is 21.7. The lowest BCUT2D eigenvalue weighted by Crippen LogP contribution is -2.33. The molecule has 0 aromatic heterocycles. The lowest BCUT2D eigenvalue weighted by atomic mass is 10.1. The molecule has 28 heavy (non-hydrogen) atoms. The summed E-state index contributed by atoms with van der Waals surface area (Å²) in [7, 11) is 1.64. The van der Waals surface area contributed by atoms with E-state index >= 15 is 0 Å². The van der Waals surface area contributed by atoms with Crippen LogP contribution < -0.4 is 10.1 Å². The Labute approximate surface area is 174 Å². The molecule has 0 fully saturated rings. The van der Waals surface area contributed by atoms with Crippen LogP contribution in [-0.2, 0) is 13.1 Å². The summed E-state index contributed by atoms with van der Waals surface area (Å²) in [6.07, 6.45) is 0. The van der Waals surface area contributed by atoms with Crippen LogP contribution in [0.25, 0.3) is 0 Å². The maximum Gasteiger partial charge on any atom is 0.174 e. The van der Waals surface area contributed by atoms with Crippen LogP contribution in [0.3, 0.4) is 0 Å². The van der Waals surface area contributed by atoms with Gasteiger partial charge in [0.2, 0.25) is 0 Å². The summed E-state index contributed by atoms with van der Waals surface area (Å²) >= 11 is 11.6. The van der Waals surface area contributed by atoms with E-state index in [1.807, 2.05) is 47.4 Å². The molecular weight excluding hydrogens is 395 g/mol. The zero-order chi connectivity index (χ0) is 19.9. The second kappa shape index (κ2) is 9.53. The van der Waals surface area contributed by atoms with Crippen LogP contribution in [0.1, 0.15) is 11.1 Å². The number of nitrogens with zero attached hydrogens (tertiary/aromatic N) is 1. The van der Waals surface area contributed by atoms with Gasteiger partial charge in [-0.25, -0.2) is 4.39 Å². The van der Waals surface area contributed by atoms with Crippen molar-refractivity contribution in [3.63, 3.8) is 0 Å². The molecule has 0 aliphatic rings. The van der Waals surface area contributed by atoms with Gasteiger partial charge < -0.3 is 15.0 Å². The van der Waals surface area contributed by atoms with Crippen molar-refractivity contribution in [1.29, 1.82) is 0 Å². The molecule has 0 amide bonds. The van der Waals surface area contributed by atoms with Gasteiger partial charge in [0.05, 0.1) is 7.11 Å². The number of thiocarbonyl (C=S) groups is 1. The molecule has 0 atom stereocenters. The molecular formula is C22H20ClFN2OS. The quantitative estimate of drug-likeness (QED) is 0.508. The van der Waals surface area contributed by atoms with Gasteiger partial charge in [-0.3, -0.25) is 0 Å². The Morgan fingerprint density at radius 2 is 1.68 bits per heavy atom. The Hall–Kier alpha value is -2.63. The first-order valence-corrected chi connectivity index (χ1v) is 9.51. The van der Waals surface area contributed by atoms with E-state index in [0.29, 0.717) is 23.2 Å². The molecule has 0 radical (unpaired) electrons. The number of anilines is 1. The second-order valence-corrected chi connectivity index (χ2v) is 7.09. The Morgan fingerprint density at radius 1 is 1.00 bits per heavy atom. The van der Waals surface area contributed by atoms with Crippen molar-refractivity contribution in [3.8, 4) is 5.75 Å². The molecule has 0 bridgehead atoms. The Balaban J connectivity index is 1.79. The van der Waals surface area contributed by atoms with Gasteiger partial charge in [0.1, 0.15) is 11.6 Å². The minimum absolute atomic E-state index is 0.265. The van der Waals surface area contributed by atoms with Crippen LogP contribution in [-0.4, -0.2) is 17.1 Å². The second-order valence-electron chi connectivity index (χ2n) is 6.27. The fraction of sp³-hybridized carbons (Fsp3) is 0.136. The summed E-state index contributed by atoms with van der Waals surface area (Å²) in [5.74, 6) is 0.528. The first kappa shape index (κ1) is 20.1. The molecule has 3 aromatic rings. The minimum atomic E-state index is -0.265. The molecule has 0 spiro atoms. The topological polar surface area (TPSA) is 24.5 Å². The molecule has 3 nitrogen and oxygen atoms in total. The van der Waals surface area contributed by atoms with Gasteiger partial charge in [0, 0.05) is 23.8 Å². The number of rotatable bonds is 6. The van der Waals surface area contributed by atoms with E-state index in [9.17, 15) is 4.39 Å². The molecule has 0 unspecified atom stereocenters. The minimum Gasteiger partial charge on any atom is -0.497 e. The van der Waals surface area contributed by atoms with Crippen molar-refractivity contribution in [2.75, 3.05) is 12.4 Å². The number of benzene rings is 3. The summed E-state index contributed by atoms with van der Waals surface area (Å²) in [5.41, 5.74) is 2.75. The number of hydrogen-bond acceptors (Lipinski definition) is 2. The lowest BCUT2D eigenvalue weighted by Gasteiger charge is -2.26. The van der Waals surface area contributed by atoms with Gasteiger partial charge in [0.25, 0.3) is 0 Å². The van der Waals surface area contributed by atoms with Crippen LogP contribution in [0, 0.1) is 5.82 Å². The molecule has 1 N–H and O–H groups in total. The average molecular weight is 415 g/mol. The van der Waals surface area contributed by atoms with Crippen LogP contribution >= 0.6 is 23.8 Å². The van der Waals surface area contributed by atoms with Gasteiger partial charge in [-0.2, -0.15) is 0 Å². The van der Waals surface area contributed by atoms with Crippen molar-refractivity contribution < 1.29 is 9.13 Å². The molecule has 0 saturated heterocycles. The van der Waals surface area contributed by atoms with E-state index in [1.54, 1.807) is 25.3 Å². The van der Waals surface area contributed by atoms with Crippen LogP contribution in [0.2, 0.25) is 5.02 Å². The van der Waals surface area contributed by atoms with Crippen molar-refractivity contribution in [3.05, 3.63) is 94.8 Å². The van der Waals surface area contributed by atoms with E-state index in [1.165, 1.54) is 12.1 Å². The number of halogens is 2. The highest BCUT2D eigenvalue weighted by molar-refractivity contribution is 7.80. The van der Waals surface area contributed by atoms with Gasteiger partial charge in [-0.05, 0) is 71.9 Å². The third-order valence-corrected chi connectivity index (χ3v) is 4.79. The van der Waals surface area contributed by atoms with Gasteiger partial charge in [-0.15, -0.1) is 0 Å². The average Bonchev–Trinajstić information content (AvgIpc) is 2.70. The van der Waals surface area contributed by atoms with E-state index in [4.69, 9.17) is 28.6 Å². The van der Waals surface area contributed by atoms with E-state index in [-0.39, 0.29) is 5.82 Å². The Bertz CT molecular complexity index is 932. The van der Waals surface area contributed by atoms with Crippen molar-refractivity contribution in [2.24, 2.45) is 0 Å². The highest BCUT2D eigenvalue weighted by Gasteiger charge is 2.12. The van der Waals surface area contributed by atoms with E-state index in [2.05, 4.69) is 5.32 Å². The molecule has 0 saturated carbocycles. The number of ether oxygens (including phenoxy) is 1. The van der Waals surface area contributed by atoms with Gasteiger partial charge in [0.15, 0.2) is 5.11 Å². The molecule has 3 aromatic carbocycles. The summed E-state index contributed by atoms with van der Waals surface area (Å²) < 4.78 is 18.8. The van der Waals surface area contributed by atoms with Gasteiger partial charge in [-0.1, -0.05) is 35.9 Å². The molecule has 144 valence electrons. The lowest BCUT2D eigenvalue weighted by molar-refractivity contribution is 0.406. The maximum absolute atomic E-state index is 13.6. The highest BCUT2D eigenvalue weighted by Crippen LogP contribution is 2.18. The molecule has 0 heterocycles. The Kier molecular flexibility index (Phi) is 6.85. The summed E-state index contributed by atoms with van der Waals surface area (Å²) in [6.45, 7) is 1.04. The van der Waals surface area contributed by atoms with Crippen molar-refractivity contribution in [2.45, 2.75) is 13.1 Å². The number of hydrogen-bond donors (Lipinski definition) is 1. The molecule has 0 aliphatic carbocycles. The summed E-state index contributed by atoms with van der Waals surface area (Å²) in [4.78, 5) is 1.99. The first-order chi connectivity index (χ1) is 13.5. The fourth-order valence-electron chi connectivity index (χ4n) is 2.74. The predicted molar refractivity (Wildman–Crippen MR) is 116 cm³/mol. The Morgan fingerprint density at radius 3 is 2.32 bits per heavy atom. The third-order valence-electron chi connectivity index (χ3n) is 4.18. The summed E-state index contributed by atoms with van der Waals surface area (Å²) in [5, 5.41) is 4.43. The first-order valence-electron chi connectivity index (χ1n) is 8.72. The van der Waals surface area contributed by atoms with Crippen molar-refractivity contribution in [1.82, 2.24) is 4.90 Å². The number of methoxy groups -OCH3 is 1. The van der Waals surface area contributed by atoms with Crippen LogP contribution in [0.4, 0.5) is 10.1 Å². The zero-order valence-electron chi connectivity index (χ0n) is 15.4. The third kappa shape index (κ3) is 5.68. The highest BCUT2D eigenvalue weighted by atomic mass is 35.5. The molecule has 3 rings (SSSR count). The largest absolute Gasteiger partial charge is 0.497 e. The van der Waals surface area contributed by atoms with Crippen LogP contribution in [0.5, 0.6) is 5.75 Å². The smallest absolute Gasteiger partial charge is 0.174 e. The SMILES string of the molecule is COc1ccc(CN(Cc2cccc(F)c2)C(=S)Nc2ccc(Cl)cc2)cc1.